The molecule has 31 heavy (non-hydrogen) atoms. The molecule has 4 heterocycles. The second-order valence-corrected chi connectivity index (χ2v) is 8.27. The molecular formula is C21H24N8O2. The molecule has 1 saturated carbocycles. The van der Waals surface area contributed by atoms with Gasteiger partial charge in [-0.1, -0.05) is 0 Å². The Morgan fingerprint density at radius 3 is 2.87 bits per heavy atom. The smallest absolute Gasteiger partial charge is 0.244 e. The summed E-state index contributed by atoms with van der Waals surface area (Å²) in [5.74, 6) is 1.69. The molecule has 4 aromatic heterocycles. The first-order chi connectivity index (χ1) is 14.9. The zero-order valence-electron chi connectivity index (χ0n) is 17.9. The van der Waals surface area contributed by atoms with Crippen molar-refractivity contribution in [3.05, 3.63) is 37.1 Å². The van der Waals surface area contributed by atoms with Crippen LogP contribution in [0.3, 0.4) is 0 Å². The van der Waals surface area contributed by atoms with Gasteiger partial charge in [0, 0.05) is 67.7 Å². The summed E-state index contributed by atoms with van der Waals surface area (Å²) in [7, 11) is 3.45. The van der Waals surface area contributed by atoms with Crippen molar-refractivity contribution in [2.75, 3.05) is 19.5 Å². The summed E-state index contributed by atoms with van der Waals surface area (Å²) in [6.07, 6.45) is 10.9. The summed E-state index contributed by atoms with van der Waals surface area (Å²) in [6.45, 7) is 3.69. The van der Waals surface area contributed by atoms with Crippen LogP contribution in [0.15, 0.2) is 37.1 Å². The molecular weight excluding hydrogens is 396 g/mol. The Kier molecular flexibility index (Phi) is 4.31. The van der Waals surface area contributed by atoms with Gasteiger partial charge in [0.25, 0.3) is 0 Å². The fourth-order valence-corrected chi connectivity index (χ4v) is 4.32. The fraction of sp³-hybridized carbons (Fsp3) is 0.381. The van der Waals surface area contributed by atoms with Crippen molar-refractivity contribution in [1.29, 1.82) is 0 Å². The average Bonchev–Trinajstić information content (AvgIpc) is 3.37. The van der Waals surface area contributed by atoms with Crippen LogP contribution in [0.4, 0.5) is 5.95 Å². The molecule has 1 aliphatic rings. The Morgan fingerprint density at radius 1 is 1.32 bits per heavy atom. The van der Waals surface area contributed by atoms with Gasteiger partial charge in [0.05, 0.1) is 7.11 Å². The Balaban J connectivity index is 1.43. The van der Waals surface area contributed by atoms with E-state index < -0.39 is 0 Å². The van der Waals surface area contributed by atoms with Crippen molar-refractivity contribution >= 4 is 23.1 Å². The molecule has 0 aliphatic heterocycles. The van der Waals surface area contributed by atoms with Crippen molar-refractivity contribution in [3.63, 3.8) is 0 Å². The zero-order valence-corrected chi connectivity index (χ0v) is 17.9. The molecule has 1 amide bonds. The number of aromatic nitrogens is 6. The van der Waals surface area contributed by atoms with Gasteiger partial charge in [-0.2, -0.15) is 4.98 Å². The van der Waals surface area contributed by atoms with E-state index in [1.807, 2.05) is 36.1 Å². The van der Waals surface area contributed by atoms with Crippen LogP contribution < -0.4 is 10.1 Å². The van der Waals surface area contributed by atoms with Crippen LogP contribution >= 0.6 is 0 Å². The normalized spacial score (nSPS) is 20.6. The second-order valence-electron chi connectivity index (χ2n) is 8.27. The summed E-state index contributed by atoms with van der Waals surface area (Å²) in [5.41, 5.74) is 2.46. The van der Waals surface area contributed by atoms with Crippen LogP contribution in [-0.4, -0.2) is 65.5 Å². The number of anilines is 1. The number of carbonyl (C=O) groups is 1. The highest BCUT2D eigenvalue weighted by Crippen LogP contribution is 2.38. The van der Waals surface area contributed by atoms with Gasteiger partial charge < -0.3 is 15.0 Å². The van der Waals surface area contributed by atoms with Gasteiger partial charge in [0.2, 0.25) is 23.5 Å². The number of imidazole rings is 1. The van der Waals surface area contributed by atoms with E-state index in [9.17, 15) is 4.79 Å². The highest BCUT2D eigenvalue weighted by molar-refractivity contribution is 5.84. The lowest BCUT2D eigenvalue weighted by Gasteiger charge is -2.50. The van der Waals surface area contributed by atoms with Crippen LogP contribution in [-0.2, 0) is 4.79 Å². The molecule has 160 valence electrons. The zero-order chi connectivity index (χ0) is 21.8. The molecule has 10 nitrogen and oxygen atoms in total. The minimum atomic E-state index is -0.142. The largest absolute Gasteiger partial charge is 0.479 e. The maximum Gasteiger partial charge on any atom is 0.244 e. The highest BCUT2D eigenvalue weighted by atomic mass is 16.5. The number of ether oxygens (including phenoxy) is 1. The third-order valence-electron chi connectivity index (χ3n) is 6.22. The van der Waals surface area contributed by atoms with Gasteiger partial charge in [0.1, 0.15) is 5.52 Å². The number of nitrogens with zero attached hydrogens (tertiary/aromatic N) is 7. The quantitative estimate of drug-likeness (QED) is 0.528. The first kappa shape index (κ1) is 19.3. The lowest BCUT2D eigenvalue weighted by Crippen LogP contribution is -2.59. The van der Waals surface area contributed by atoms with Crippen molar-refractivity contribution < 1.29 is 9.53 Å². The van der Waals surface area contributed by atoms with E-state index in [2.05, 4.69) is 32.3 Å². The first-order valence-electron chi connectivity index (χ1n) is 10.1. The van der Waals surface area contributed by atoms with Gasteiger partial charge in [0.15, 0.2) is 0 Å². The molecule has 0 atom stereocenters. The van der Waals surface area contributed by atoms with Gasteiger partial charge in [-0.05, 0) is 25.8 Å². The second kappa shape index (κ2) is 6.93. The van der Waals surface area contributed by atoms with Crippen LogP contribution in [0.2, 0.25) is 0 Å². The molecule has 1 N–H and O–H groups in total. The van der Waals surface area contributed by atoms with Gasteiger partial charge >= 0.3 is 0 Å². The Bertz CT molecular complexity index is 1290. The van der Waals surface area contributed by atoms with E-state index in [1.165, 1.54) is 0 Å². The highest BCUT2D eigenvalue weighted by Gasteiger charge is 2.44. The van der Waals surface area contributed by atoms with E-state index in [1.54, 1.807) is 35.8 Å². The van der Waals surface area contributed by atoms with Gasteiger partial charge in [-0.25, -0.2) is 14.5 Å². The predicted molar refractivity (Wildman–Crippen MR) is 115 cm³/mol. The number of methoxy groups -OCH3 is 1. The number of hydrogen-bond acceptors (Lipinski definition) is 7. The van der Waals surface area contributed by atoms with E-state index >= 15 is 0 Å². The first-order valence-corrected chi connectivity index (χ1v) is 10.1. The van der Waals surface area contributed by atoms with Crippen LogP contribution in [0.5, 0.6) is 5.88 Å². The number of rotatable bonds is 5. The molecule has 1 fully saturated rings. The van der Waals surface area contributed by atoms with E-state index in [4.69, 9.17) is 4.74 Å². The standard InChI is InChI=1S/C21H24N8O2/c1-13(30)27(3)21(2)9-15(10-21)24-19-25-18(31-4)17-16(5-7-29(17)26-19)14-11-23-20-22-6-8-28(20)12-14/h5-8,11-12,15H,9-10H2,1-4H3,(H,24,26). The van der Waals surface area contributed by atoms with Crippen molar-refractivity contribution in [3.8, 4) is 17.0 Å². The topological polar surface area (TPSA) is 102 Å². The summed E-state index contributed by atoms with van der Waals surface area (Å²) in [6, 6.07) is 2.16. The minimum absolute atomic E-state index is 0.0727. The number of hydrogen-bond donors (Lipinski definition) is 1. The van der Waals surface area contributed by atoms with E-state index in [-0.39, 0.29) is 17.5 Å². The average molecular weight is 420 g/mol. The van der Waals surface area contributed by atoms with Crippen molar-refractivity contribution in [2.24, 2.45) is 0 Å². The van der Waals surface area contributed by atoms with E-state index in [0.29, 0.717) is 17.6 Å². The Labute approximate surface area is 178 Å². The SMILES string of the molecule is COc1nc(NC2CC(C)(N(C)C(C)=O)C2)nn2ccc(-c3cnc4nccn4c3)c12. The van der Waals surface area contributed by atoms with Crippen molar-refractivity contribution in [2.45, 2.75) is 38.3 Å². The molecule has 1 aliphatic carbocycles. The Morgan fingerprint density at radius 2 is 2.13 bits per heavy atom. The van der Waals surface area contributed by atoms with Gasteiger partial charge in [-0.15, -0.1) is 5.10 Å². The molecule has 0 saturated heterocycles. The summed E-state index contributed by atoms with van der Waals surface area (Å²) >= 11 is 0. The molecule has 0 unspecified atom stereocenters. The molecule has 0 aromatic carbocycles. The van der Waals surface area contributed by atoms with Crippen LogP contribution in [0, 0.1) is 0 Å². The Hall–Kier alpha value is -3.69. The molecule has 0 bridgehead atoms. The summed E-state index contributed by atoms with van der Waals surface area (Å²) in [4.78, 5) is 26.7. The molecule has 5 rings (SSSR count). The summed E-state index contributed by atoms with van der Waals surface area (Å²) in [5, 5.41) is 8.00. The lowest BCUT2D eigenvalue weighted by atomic mass is 9.73. The summed E-state index contributed by atoms with van der Waals surface area (Å²) < 4.78 is 9.23. The minimum Gasteiger partial charge on any atom is -0.479 e. The third kappa shape index (κ3) is 3.15. The monoisotopic (exact) mass is 420 g/mol. The van der Waals surface area contributed by atoms with Crippen LogP contribution in [0.1, 0.15) is 26.7 Å². The number of fused-ring (bicyclic) bond motifs is 2. The molecule has 10 heteroatoms. The maximum atomic E-state index is 11.7. The van der Waals surface area contributed by atoms with Gasteiger partial charge in [-0.3, -0.25) is 9.20 Å². The van der Waals surface area contributed by atoms with Crippen LogP contribution in [0.25, 0.3) is 22.4 Å². The maximum absolute atomic E-state index is 11.7. The lowest BCUT2D eigenvalue weighted by molar-refractivity contribution is -0.136. The predicted octanol–water partition coefficient (Wildman–Crippen LogP) is 2.26. The fourth-order valence-electron chi connectivity index (χ4n) is 4.32. The van der Waals surface area contributed by atoms with Crippen molar-refractivity contribution in [1.82, 2.24) is 33.9 Å². The van der Waals surface area contributed by atoms with E-state index in [0.717, 1.165) is 29.5 Å². The number of carbonyl (C=O) groups excluding carboxylic acids is 1. The molecule has 4 aromatic rings. The molecule has 0 radical (unpaired) electrons. The third-order valence-corrected chi connectivity index (χ3v) is 6.22. The number of nitrogens with one attached hydrogen (secondary N) is 1. The molecule has 0 spiro atoms. The number of amides is 1.